The van der Waals surface area contributed by atoms with Gasteiger partial charge in [-0.25, -0.2) is 4.79 Å². The van der Waals surface area contributed by atoms with Crippen molar-refractivity contribution in [1.82, 2.24) is 5.01 Å². The molecule has 0 saturated carbocycles. The number of nitrogens with zero attached hydrogens (tertiary/aromatic N) is 3. The number of carbonyl (C=O) groups is 1. The van der Waals surface area contributed by atoms with Gasteiger partial charge in [0.1, 0.15) is 12.2 Å². The highest BCUT2D eigenvalue weighted by atomic mass is 16.6. The first kappa shape index (κ1) is 18.6. The van der Waals surface area contributed by atoms with Gasteiger partial charge in [-0.1, -0.05) is 0 Å². The van der Waals surface area contributed by atoms with Gasteiger partial charge in [0.2, 0.25) is 0 Å². The SMILES string of the molecule is O=NN1CCCCC1c1ccc[n+]([C@@H]2OC(C(=O)O)[C@@H](O)C(O)C2O)c1. The molecule has 0 spiro atoms. The molecule has 6 atom stereocenters. The Labute approximate surface area is 149 Å². The van der Waals surface area contributed by atoms with Crippen molar-refractivity contribution in [3.05, 3.63) is 35.0 Å². The Morgan fingerprint density at radius 2 is 2.00 bits per heavy atom. The van der Waals surface area contributed by atoms with Crippen LogP contribution in [0.5, 0.6) is 0 Å². The van der Waals surface area contributed by atoms with E-state index in [1.54, 1.807) is 24.5 Å². The third-order valence-electron chi connectivity index (χ3n) is 4.93. The number of ether oxygens (including phenoxy) is 1. The fourth-order valence-electron chi connectivity index (χ4n) is 3.53. The summed E-state index contributed by atoms with van der Waals surface area (Å²) in [7, 11) is 0. The lowest BCUT2D eigenvalue weighted by Gasteiger charge is -2.36. The van der Waals surface area contributed by atoms with E-state index in [2.05, 4.69) is 5.29 Å². The lowest BCUT2D eigenvalue weighted by atomic mass is 9.96. The number of nitroso groups, excluding NO2 is 1. The van der Waals surface area contributed by atoms with E-state index in [-0.39, 0.29) is 6.04 Å². The molecule has 2 aliphatic rings. The van der Waals surface area contributed by atoms with Crippen LogP contribution < -0.4 is 4.57 Å². The minimum absolute atomic E-state index is 0.222. The summed E-state index contributed by atoms with van der Waals surface area (Å²) in [4.78, 5) is 22.3. The van der Waals surface area contributed by atoms with Crippen LogP contribution in [0.1, 0.15) is 37.1 Å². The number of pyridine rings is 1. The molecule has 4 N–H and O–H groups in total. The molecule has 0 bridgehead atoms. The van der Waals surface area contributed by atoms with Crippen LogP contribution in [0.2, 0.25) is 0 Å². The standard InChI is InChI=1S/C16H21N3O7/c20-11-12(21)14(16(23)24)26-15(13(11)22)18-6-3-4-9(8-18)10-5-1-2-7-19(10)17-25/h3-4,6,8,10-15,20-22H,1-2,5,7H2/p+1/t10?,11?,12-,13?,14?,15+/m0/s1. The monoisotopic (exact) mass is 368 g/mol. The second-order valence-corrected chi connectivity index (χ2v) is 6.60. The van der Waals surface area contributed by atoms with Crippen molar-refractivity contribution in [2.75, 3.05) is 6.54 Å². The molecule has 2 fully saturated rings. The van der Waals surface area contributed by atoms with Gasteiger partial charge in [-0.3, -0.25) is 5.01 Å². The smallest absolute Gasteiger partial charge is 0.335 e. The van der Waals surface area contributed by atoms with Crippen LogP contribution in [-0.4, -0.2) is 62.4 Å². The predicted molar refractivity (Wildman–Crippen MR) is 85.3 cm³/mol. The highest BCUT2D eigenvalue weighted by Crippen LogP contribution is 2.31. The first-order chi connectivity index (χ1) is 12.4. The summed E-state index contributed by atoms with van der Waals surface area (Å²) in [6.07, 6.45) is -2.05. The van der Waals surface area contributed by atoms with Gasteiger partial charge in [0.05, 0.1) is 11.3 Å². The molecule has 0 amide bonds. The zero-order chi connectivity index (χ0) is 18.8. The Kier molecular flexibility index (Phi) is 5.47. The van der Waals surface area contributed by atoms with Crippen LogP contribution in [0.25, 0.3) is 0 Å². The Balaban J connectivity index is 1.89. The van der Waals surface area contributed by atoms with E-state index in [0.29, 0.717) is 6.54 Å². The van der Waals surface area contributed by atoms with Gasteiger partial charge in [-0.15, -0.1) is 4.91 Å². The third-order valence-corrected chi connectivity index (χ3v) is 4.93. The number of aliphatic hydroxyl groups is 3. The van der Waals surface area contributed by atoms with Gasteiger partial charge in [-0.2, -0.15) is 4.57 Å². The maximum Gasteiger partial charge on any atom is 0.335 e. The van der Waals surface area contributed by atoms with Gasteiger partial charge in [-0.05, 0) is 25.3 Å². The summed E-state index contributed by atoms with van der Waals surface area (Å²) in [5.74, 6) is -1.44. The van der Waals surface area contributed by atoms with Gasteiger partial charge in [0.25, 0.3) is 6.23 Å². The first-order valence-electron chi connectivity index (χ1n) is 8.47. The van der Waals surface area contributed by atoms with Crippen LogP contribution in [0.3, 0.4) is 0 Å². The molecule has 142 valence electrons. The van der Waals surface area contributed by atoms with Crippen molar-refractivity contribution in [3.8, 4) is 0 Å². The van der Waals surface area contributed by atoms with Crippen LogP contribution >= 0.6 is 0 Å². The minimum atomic E-state index is -1.74. The van der Waals surface area contributed by atoms with E-state index >= 15 is 0 Å². The summed E-state index contributed by atoms with van der Waals surface area (Å²) in [6.45, 7) is 0.553. The predicted octanol–water partition coefficient (Wildman–Crippen LogP) is -0.753. The fraction of sp³-hybridized carbons (Fsp3) is 0.625. The third kappa shape index (κ3) is 3.40. The lowest BCUT2D eigenvalue weighted by molar-refractivity contribution is -0.777. The van der Waals surface area contributed by atoms with E-state index in [0.717, 1.165) is 24.8 Å². The number of aromatic nitrogens is 1. The number of hydrogen-bond acceptors (Lipinski definition) is 7. The summed E-state index contributed by atoms with van der Waals surface area (Å²) < 4.78 is 6.76. The fourth-order valence-corrected chi connectivity index (χ4v) is 3.53. The Morgan fingerprint density at radius 3 is 2.69 bits per heavy atom. The Bertz CT molecular complexity index is 673. The van der Waals surface area contributed by atoms with E-state index in [4.69, 9.17) is 9.84 Å². The van der Waals surface area contributed by atoms with Gasteiger partial charge in [0, 0.05) is 18.2 Å². The summed E-state index contributed by atoms with van der Waals surface area (Å²) >= 11 is 0. The van der Waals surface area contributed by atoms with Crippen LogP contribution in [0, 0.1) is 4.91 Å². The molecule has 1 aromatic rings. The molecule has 3 heterocycles. The van der Waals surface area contributed by atoms with Gasteiger partial charge in [0.15, 0.2) is 24.6 Å². The van der Waals surface area contributed by atoms with E-state index in [1.165, 1.54) is 9.58 Å². The molecular weight excluding hydrogens is 346 g/mol. The quantitative estimate of drug-likeness (QED) is 0.401. The molecule has 2 aliphatic heterocycles. The van der Waals surface area contributed by atoms with Crippen molar-refractivity contribution < 1.29 is 34.5 Å². The van der Waals surface area contributed by atoms with Crippen molar-refractivity contribution in [2.45, 2.75) is 55.9 Å². The van der Waals surface area contributed by atoms with E-state index in [1.807, 2.05) is 0 Å². The molecule has 2 saturated heterocycles. The number of carboxylic acids is 1. The number of aliphatic carboxylic acids is 1. The van der Waals surface area contributed by atoms with E-state index < -0.39 is 36.6 Å². The summed E-state index contributed by atoms with van der Waals surface area (Å²) in [5, 5.41) is 43.7. The van der Waals surface area contributed by atoms with Crippen molar-refractivity contribution in [3.63, 3.8) is 0 Å². The second-order valence-electron chi connectivity index (χ2n) is 6.60. The minimum Gasteiger partial charge on any atom is -0.479 e. The molecule has 10 nitrogen and oxygen atoms in total. The van der Waals surface area contributed by atoms with Crippen LogP contribution in [-0.2, 0) is 9.53 Å². The zero-order valence-electron chi connectivity index (χ0n) is 14.0. The number of rotatable bonds is 4. The maximum atomic E-state index is 11.2. The lowest BCUT2D eigenvalue weighted by Crippen LogP contribution is -2.63. The van der Waals surface area contributed by atoms with Gasteiger partial charge < -0.3 is 25.2 Å². The molecule has 0 aliphatic carbocycles. The topological polar surface area (TPSA) is 144 Å². The van der Waals surface area contributed by atoms with Gasteiger partial charge >= 0.3 is 5.97 Å². The summed E-state index contributed by atoms with van der Waals surface area (Å²) in [6, 6.07) is 3.26. The molecule has 0 aromatic carbocycles. The van der Waals surface area contributed by atoms with Crippen molar-refractivity contribution in [2.24, 2.45) is 5.29 Å². The number of piperidine rings is 1. The molecule has 4 unspecified atom stereocenters. The highest BCUT2D eigenvalue weighted by Gasteiger charge is 2.51. The van der Waals surface area contributed by atoms with Crippen molar-refractivity contribution >= 4 is 5.97 Å². The van der Waals surface area contributed by atoms with Crippen LogP contribution in [0.15, 0.2) is 29.8 Å². The number of aliphatic hydroxyl groups excluding tert-OH is 3. The number of carboxylic acid groups (broad SMARTS) is 1. The van der Waals surface area contributed by atoms with Crippen LogP contribution in [0.4, 0.5) is 0 Å². The maximum absolute atomic E-state index is 11.2. The number of hydrogen-bond donors (Lipinski definition) is 4. The molecule has 26 heavy (non-hydrogen) atoms. The first-order valence-corrected chi connectivity index (χ1v) is 8.47. The molecule has 3 rings (SSSR count). The normalized spacial score (nSPS) is 35.1. The average Bonchev–Trinajstić information content (AvgIpc) is 2.66. The highest BCUT2D eigenvalue weighted by molar-refractivity contribution is 5.73. The molecule has 0 radical (unpaired) electrons. The Morgan fingerprint density at radius 1 is 1.23 bits per heavy atom. The largest absolute Gasteiger partial charge is 0.479 e. The summed E-state index contributed by atoms with van der Waals surface area (Å²) in [5.41, 5.74) is 0.759. The zero-order valence-corrected chi connectivity index (χ0v) is 14.0. The van der Waals surface area contributed by atoms with Crippen molar-refractivity contribution in [1.29, 1.82) is 0 Å². The molecular formula is C16H22N3O7+. The van der Waals surface area contributed by atoms with E-state index in [9.17, 15) is 25.0 Å². The molecule has 1 aromatic heterocycles. The molecule has 10 heteroatoms. The second kappa shape index (κ2) is 7.62. The Hall–Kier alpha value is -2.14. The average molecular weight is 368 g/mol.